The molecule has 2 aliphatic rings. The van der Waals surface area contributed by atoms with Crippen molar-refractivity contribution in [3.05, 3.63) is 34.9 Å². The van der Waals surface area contributed by atoms with Crippen molar-refractivity contribution in [3.8, 4) is 0 Å². The van der Waals surface area contributed by atoms with Crippen LogP contribution in [0.2, 0.25) is 5.02 Å². The van der Waals surface area contributed by atoms with Crippen LogP contribution in [0.1, 0.15) is 37.7 Å². The van der Waals surface area contributed by atoms with Crippen molar-refractivity contribution in [2.45, 2.75) is 44.7 Å². The Kier molecular flexibility index (Phi) is 4.98. The van der Waals surface area contributed by atoms with Crippen LogP contribution in [-0.4, -0.2) is 30.6 Å². The van der Waals surface area contributed by atoms with Crippen LogP contribution >= 0.6 is 11.6 Å². The fraction of sp³-hybridized carbons (Fsp3) is 0.647. The topological polar surface area (TPSA) is 15.3 Å². The zero-order valence-corrected chi connectivity index (χ0v) is 12.9. The van der Waals surface area contributed by atoms with Gasteiger partial charge in [-0.3, -0.25) is 4.90 Å². The first kappa shape index (κ1) is 14.4. The molecule has 0 amide bonds. The molecule has 20 heavy (non-hydrogen) atoms. The lowest BCUT2D eigenvalue weighted by Crippen LogP contribution is -2.47. The normalized spacial score (nSPS) is 24.6. The predicted octanol–water partition coefficient (Wildman–Crippen LogP) is 3.69. The van der Waals surface area contributed by atoms with Crippen LogP contribution in [-0.2, 0) is 6.54 Å². The predicted molar refractivity (Wildman–Crippen MR) is 85.1 cm³/mol. The highest BCUT2D eigenvalue weighted by molar-refractivity contribution is 6.30. The molecule has 3 rings (SSSR count). The van der Waals surface area contributed by atoms with Gasteiger partial charge in [-0.15, -0.1) is 0 Å². The maximum absolute atomic E-state index is 6.07. The number of halogens is 1. The SMILES string of the molecule is Clc1cccc(CN2CCCC(NCC3CCC3)C2)c1. The average molecular weight is 293 g/mol. The molecule has 2 nitrogen and oxygen atoms in total. The third-order valence-corrected chi connectivity index (χ3v) is 4.96. The van der Waals surface area contributed by atoms with E-state index in [1.165, 1.54) is 57.3 Å². The molecule has 0 spiro atoms. The van der Waals surface area contributed by atoms with Crippen molar-refractivity contribution < 1.29 is 0 Å². The van der Waals surface area contributed by atoms with E-state index in [0.717, 1.165) is 17.5 Å². The van der Waals surface area contributed by atoms with Crippen LogP contribution in [0.3, 0.4) is 0 Å². The van der Waals surface area contributed by atoms with Gasteiger partial charge in [0.1, 0.15) is 0 Å². The lowest BCUT2D eigenvalue weighted by molar-refractivity contribution is 0.173. The van der Waals surface area contributed by atoms with Crippen molar-refractivity contribution in [2.75, 3.05) is 19.6 Å². The van der Waals surface area contributed by atoms with E-state index >= 15 is 0 Å². The number of hydrogen-bond acceptors (Lipinski definition) is 2. The van der Waals surface area contributed by atoms with Crippen molar-refractivity contribution >= 4 is 11.6 Å². The molecular formula is C17H25ClN2. The first-order chi connectivity index (χ1) is 9.79. The third kappa shape index (κ3) is 3.97. The zero-order valence-electron chi connectivity index (χ0n) is 12.2. The monoisotopic (exact) mass is 292 g/mol. The molecule has 1 saturated heterocycles. The van der Waals surface area contributed by atoms with Gasteiger partial charge < -0.3 is 5.32 Å². The number of nitrogens with one attached hydrogen (secondary N) is 1. The van der Waals surface area contributed by atoms with Gasteiger partial charge in [0.15, 0.2) is 0 Å². The molecule has 1 N–H and O–H groups in total. The van der Waals surface area contributed by atoms with Crippen LogP contribution in [0.15, 0.2) is 24.3 Å². The fourth-order valence-corrected chi connectivity index (χ4v) is 3.50. The van der Waals surface area contributed by atoms with Gasteiger partial charge in [0.2, 0.25) is 0 Å². The summed E-state index contributed by atoms with van der Waals surface area (Å²) in [5.41, 5.74) is 1.33. The summed E-state index contributed by atoms with van der Waals surface area (Å²) in [4.78, 5) is 2.56. The Morgan fingerprint density at radius 3 is 2.85 bits per heavy atom. The van der Waals surface area contributed by atoms with Crippen LogP contribution in [0.5, 0.6) is 0 Å². The van der Waals surface area contributed by atoms with Crippen LogP contribution in [0.25, 0.3) is 0 Å². The summed E-state index contributed by atoms with van der Waals surface area (Å²) < 4.78 is 0. The van der Waals surface area contributed by atoms with Gasteiger partial charge in [0.05, 0.1) is 0 Å². The van der Waals surface area contributed by atoms with E-state index in [-0.39, 0.29) is 0 Å². The molecule has 0 bridgehead atoms. The molecule has 0 aromatic heterocycles. The minimum atomic E-state index is 0.684. The molecule has 1 heterocycles. The molecule has 110 valence electrons. The molecule has 1 aromatic rings. The second kappa shape index (κ2) is 6.93. The van der Waals surface area contributed by atoms with Gasteiger partial charge in [-0.25, -0.2) is 0 Å². The minimum absolute atomic E-state index is 0.684. The Hall–Kier alpha value is -0.570. The van der Waals surface area contributed by atoms with E-state index in [4.69, 9.17) is 11.6 Å². The van der Waals surface area contributed by atoms with Gasteiger partial charge in [-0.2, -0.15) is 0 Å². The van der Waals surface area contributed by atoms with Gasteiger partial charge in [0, 0.05) is 24.2 Å². The van der Waals surface area contributed by atoms with Gasteiger partial charge in [0.25, 0.3) is 0 Å². The Labute approximate surface area is 127 Å². The maximum Gasteiger partial charge on any atom is 0.0409 e. The molecule has 1 atom stereocenters. The average Bonchev–Trinajstić information content (AvgIpc) is 2.37. The highest BCUT2D eigenvalue weighted by Crippen LogP contribution is 2.25. The second-order valence-electron chi connectivity index (χ2n) is 6.41. The smallest absolute Gasteiger partial charge is 0.0409 e. The quantitative estimate of drug-likeness (QED) is 0.890. The molecule has 1 aliphatic heterocycles. The molecule has 1 aliphatic carbocycles. The largest absolute Gasteiger partial charge is 0.312 e. The first-order valence-corrected chi connectivity index (χ1v) is 8.37. The van der Waals surface area contributed by atoms with E-state index < -0.39 is 0 Å². The van der Waals surface area contributed by atoms with E-state index in [9.17, 15) is 0 Å². The minimum Gasteiger partial charge on any atom is -0.312 e. The van der Waals surface area contributed by atoms with Gasteiger partial charge >= 0.3 is 0 Å². The van der Waals surface area contributed by atoms with E-state index in [1.807, 2.05) is 12.1 Å². The Bertz CT molecular complexity index is 431. The summed E-state index contributed by atoms with van der Waals surface area (Å²) in [5.74, 6) is 0.957. The maximum atomic E-state index is 6.07. The standard InChI is InChI=1S/C17H25ClN2/c18-16-7-2-6-15(10-16)12-20-9-3-8-17(13-20)19-11-14-4-1-5-14/h2,6-7,10,14,17,19H,1,3-5,8-9,11-13H2. The van der Waals surface area contributed by atoms with Gasteiger partial charge in [-0.1, -0.05) is 30.2 Å². The van der Waals surface area contributed by atoms with E-state index in [2.05, 4.69) is 22.3 Å². The Morgan fingerprint density at radius 2 is 2.10 bits per heavy atom. The molecule has 0 radical (unpaired) electrons. The molecular weight excluding hydrogens is 268 g/mol. The Balaban J connectivity index is 1.47. The van der Waals surface area contributed by atoms with Gasteiger partial charge in [-0.05, 0) is 62.4 Å². The highest BCUT2D eigenvalue weighted by Gasteiger charge is 2.22. The lowest BCUT2D eigenvalue weighted by Gasteiger charge is -2.35. The summed E-state index contributed by atoms with van der Waals surface area (Å²) in [7, 11) is 0. The van der Waals surface area contributed by atoms with E-state index in [1.54, 1.807) is 0 Å². The van der Waals surface area contributed by atoms with Crippen LogP contribution in [0.4, 0.5) is 0 Å². The number of piperidine rings is 1. The molecule has 2 fully saturated rings. The molecule has 1 saturated carbocycles. The number of rotatable bonds is 5. The summed E-state index contributed by atoms with van der Waals surface area (Å²) in [6, 6.07) is 8.95. The second-order valence-corrected chi connectivity index (χ2v) is 6.85. The summed E-state index contributed by atoms with van der Waals surface area (Å²) >= 11 is 6.07. The fourth-order valence-electron chi connectivity index (χ4n) is 3.29. The summed E-state index contributed by atoms with van der Waals surface area (Å²) in [5, 5.41) is 4.63. The zero-order chi connectivity index (χ0) is 13.8. The number of hydrogen-bond donors (Lipinski definition) is 1. The first-order valence-electron chi connectivity index (χ1n) is 8.00. The molecule has 3 heteroatoms. The summed E-state index contributed by atoms with van der Waals surface area (Å²) in [6.07, 6.45) is 6.96. The molecule has 1 unspecified atom stereocenters. The summed E-state index contributed by atoms with van der Waals surface area (Å²) in [6.45, 7) is 4.66. The number of nitrogens with zero attached hydrogens (tertiary/aromatic N) is 1. The van der Waals surface area contributed by atoms with Crippen molar-refractivity contribution in [1.29, 1.82) is 0 Å². The number of likely N-dealkylation sites (tertiary alicyclic amines) is 1. The Morgan fingerprint density at radius 1 is 1.20 bits per heavy atom. The van der Waals surface area contributed by atoms with E-state index in [0.29, 0.717) is 6.04 Å². The van der Waals surface area contributed by atoms with Crippen LogP contribution < -0.4 is 5.32 Å². The third-order valence-electron chi connectivity index (χ3n) is 4.72. The number of benzene rings is 1. The highest BCUT2D eigenvalue weighted by atomic mass is 35.5. The van der Waals surface area contributed by atoms with Crippen molar-refractivity contribution in [1.82, 2.24) is 10.2 Å². The van der Waals surface area contributed by atoms with Crippen LogP contribution in [0, 0.1) is 5.92 Å². The molecule has 1 aromatic carbocycles. The van der Waals surface area contributed by atoms with Crippen molar-refractivity contribution in [3.63, 3.8) is 0 Å². The lowest BCUT2D eigenvalue weighted by atomic mass is 9.85. The van der Waals surface area contributed by atoms with Crippen molar-refractivity contribution in [2.24, 2.45) is 5.92 Å².